The van der Waals surface area contributed by atoms with Gasteiger partial charge in [0.25, 0.3) is 0 Å². The maximum absolute atomic E-state index is 12.8. The summed E-state index contributed by atoms with van der Waals surface area (Å²) in [7, 11) is 3.58. The molecule has 0 saturated heterocycles. The fraction of sp³-hybridized carbons (Fsp3) is 0.188. The van der Waals surface area contributed by atoms with Gasteiger partial charge in [0.05, 0.1) is 28.5 Å². The van der Waals surface area contributed by atoms with E-state index in [2.05, 4.69) is 0 Å². The van der Waals surface area contributed by atoms with Crippen molar-refractivity contribution in [1.82, 2.24) is 4.57 Å². The Morgan fingerprint density at radius 2 is 2.10 bits per heavy atom. The van der Waals surface area contributed by atoms with Crippen LogP contribution in [0.2, 0.25) is 0 Å². The minimum absolute atomic E-state index is 0.0626. The van der Waals surface area contributed by atoms with Crippen LogP contribution in [0, 0.1) is 6.92 Å². The molecule has 3 aromatic rings. The quantitative estimate of drug-likeness (QED) is 0.686. The minimum atomic E-state index is 0.0626. The zero-order valence-electron chi connectivity index (χ0n) is 11.6. The van der Waals surface area contributed by atoms with E-state index in [1.165, 1.54) is 11.3 Å². The predicted octanol–water partition coefficient (Wildman–Crippen LogP) is 3.79. The average molecular weight is 285 g/mol. The molecule has 0 unspecified atom stereocenters. The van der Waals surface area contributed by atoms with Gasteiger partial charge in [-0.3, -0.25) is 4.79 Å². The van der Waals surface area contributed by atoms with E-state index < -0.39 is 0 Å². The summed E-state index contributed by atoms with van der Waals surface area (Å²) in [6.45, 7) is 1.96. The number of aryl methyl sites for hydroxylation is 2. The molecule has 1 aromatic carbocycles. The molecular formula is C16H15NO2S. The summed E-state index contributed by atoms with van der Waals surface area (Å²) in [5, 5.41) is 2.83. The fourth-order valence-corrected chi connectivity index (χ4v) is 3.36. The predicted molar refractivity (Wildman–Crippen MR) is 82.0 cm³/mol. The smallest absolute Gasteiger partial charge is 0.205 e. The van der Waals surface area contributed by atoms with Crippen LogP contribution in [0.4, 0.5) is 0 Å². The second kappa shape index (κ2) is 4.80. The fourth-order valence-electron chi connectivity index (χ4n) is 2.48. The summed E-state index contributed by atoms with van der Waals surface area (Å²) in [4.78, 5) is 13.6. The van der Waals surface area contributed by atoms with Crippen molar-refractivity contribution in [2.45, 2.75) is 6.92 Å². The van der Waals surface area contributed by atoms with Crippen LogP contribution < -0.4 is 4.74 Å². The Kier molecular flexibility index (Phi) is 3.10. The third kappa shape index (κ3) is 1.84. The van der Waals surface area contributed by atoms with Crippen molar-refractivity contribution in [3.8, 4) is 5.75 Å². The Hall–Kier alpha value is -2.07. The van der Waals surface area contributed by atoms with Crippen molar-refractivity contribution in [1.29, 1.82) is 0 Å². The molecule has 2 heterocycles. The molecule has 0 bridgehead atoms. The third-order valence-corrected chi connectivity index (χ3v) is 4.52. The van der Waals surface area contributed by atoms with Gasteiger partial charge in [-0.15, -0.1) is 11.3 Å². The molecule has 0 aliphatic heterocycles. The van der Waals surface area contributed by atoms with Crippen molar-refractivity contribution in [3.63, 3.8) is 0 Å². The molecule has 0 spiro atoms. The number of fused-ring (bicyclic) bond motifs is 1. The van der Waals surface area contributed by atoms with Crippen LogP contribution in [-0.4, -0.2) is 17.5 Å². The van der Waals surface area contributed by atoms with Crippen LogP contribution in [0.1, 0.15) is 20.8 Å². The largest absolute Gasteiger partial charge is 0.496 e. The number of methoxy groups -OCH3 is 1. The van der Waals surface area contributed by atoms with E-state index in [4.69, 9.17) is 4.74 Å². The van der Waals surface area contributed by atoms with Gasteiger partial charge in [-0.2, -0.15) is 0 Å². The van der Waals surface area contributed by atoms with E-state index in [-0.39, 0.29) is 5.78 Å². The first-order valence-electron chi connectivity index (χ1n) is 6.34. The van der Waals surface area contributed by atoms with Crippen LogP contribution in [0.5, 0.6) is 5.75 Å². The Bertz CT molecular complexity index is 798. The van der Waals surface area contributed by atoms with E-state index >= 15 is 0 Å². The second-order valence-corrected chi connectivity index (χ2v) is 5.69. The second-order valence-electron chi connectivity index (χ2n) is 4.77. The molecule has 0 radical (unpaired) electrons. The molecule has 2 aromatic heterocycles. The van der Waals surface area contributed by atoms with Crippen molar-refractivity contribution in [3.05, 3.63) is 51.8 Å². The molecule has 4 heteroatoms. The first kappa shape index (κ1) is 12.9. The van der Waals surface area contributed by atoms with Gasteiger partial charge in [-0.1, -0.05) is 6.07 Å². The van der Waals surface area contributed by atoms with Crippen LogP contribution in [0.25, 0.3) is 10.9 Å². The number of benzene rings is 1. The highest BCUT2D eigenvalue weighted by atomic mass is 32.1. The SMILES string of the molecule is COc1cccc2c1c(C(=O)c1sccc1C)cn2C. The van der Waals surface area contributed by atoms with Crippen LogP contribution in [0.15, 0.2) is 35.8 Å². The van der Waals surface area contributed by atoms with E-state index in [1.54, 1.807) is 7.11 Å². The lowest BCUT2D eigenvalue weighted by atomic mass is 10.1. The molecule has 20 heavy (non-hydrogen) atoms. The lowest BCUT2D eigenvalue weighted by Crippen LogP contribution is -2.00. The van der Waals surface area contributed by atoms with Crippen molar-refractivity contribution < 1.29 is 9.53 Å². The van der Waals surface area contributed by atoms with Gasteiger partial charge < -0.3 is 9.30 Å². The number of ketones is 1. The zero-order valence-corrected chi connectivity index (χ0v) is 12.5. The molecule has 102 valence electrons. The lowest BCUT2D eigenvalue weighted by Gasteiger charge is -2.04. The number of rotatable bonds is 3. The van der Waals surface area contributed by atoms with Gasteiger partial charge in [0.1, 0.15) is 5.75 Å². The van der Waals surface area contributed by atoms with Gasteiger partial charge in [-0.05, 0) is 36.1 Å². The summed E-state index contributed by atoms with van der Waals surface area (Å²) in [5.41, 5.74) is 2.72. The molecule has 0 fully saturated rings. The first-order valence-corrected chi connectivity index (χ1v) is 7.22. The number of hydrogen-bond acceptors (Lipinski definition) is 3. The summed E-state index contributed by atoms with van der Waals surface area (Å²) in [6.07, 6.45) is 1.88. The summed E-state index contributed by atoms with van der Waals surface area (Å²) in [6, 6.07) is 7.79. The van der Waals surface area contributed by atoms with Crippen molar-refractivity contribution >= 4 is 28.0 Å². The molecular weight excluding hydrogens is 270 g/mol. The molecule has 0 N–H and O–H groups in total. The van der Waals surface area contributed by atoms with E-state index in [0.717, 1.165) is 27.1 Å². The Morgan fingerprint density at radius 3 is 2.75 bits per heavy atom. The van der Waals surface area contributed by atoms with Crippen molar-refractivity contribution in [2.75, 3.05) is 7.11 Å². The number of nitrogens with zero attached hydrogens (tertiary/aromatic N) is 1. The molecule has 0 amide bonds. The summed E-state index contributed by atoms with van der Waals surface area (Å²) in [5.74, 6) is 0.799. The monoisotopic (exact) mass is 285 g/mol. The van der Waals surface area contributed by atoms with Gasteiger partial charge in [0.2, 0.25) is 5.78 Å². The van der Waals surface area contributed by atoms with Crippen LogP contribution >= 0.6 is 11.3 Å². The molecule has 3 nitrogen and oxygen atoms in total. The number of carbonyl (C=O) groups excluding carboxylic acids is 1. The summed E-state index contributed by atoms with van der Waals surface area (Å²) < 4.78 is 7.38. The average Bonchev–Trinajstić information content (AvgIpc) is 3.02. The van der Waals surface area contributed by atoms with E-state index in [9.17, 15) is 4.79 Å². The highest BCUT2D eigenvalue weighted by molar-refractivity contribution is 7.12. The van der Waals surface area contributed by atoms with E-state index in [0.29, 0.717) is 5.56 Å². The van der Waals surface area contributed by atoms with Gasteiger partial charge in [0, 0.05) is 13.2 Å². The molecule has 0 aliphatic carbocycles. The lowest BCUT2D eigenvalue weighted by molar-refractivity contribution is 0.104. The summed E-state index contributed by atoms with van der Waals surface area (Å²) >= 11 is 1.48. The minimum Gasteiger partial charge on any atom is -0.496 e. The van der Waals surface area contributed by atoms with Crippen LogP contribution in [-0.2, 0) is 7.05 Å². The molecule has 0 aliphatic rings. The normalized spacial score (nSPS) is 10.9. The highest BCUT2D eigenvalue weighted by Crippen LogP contribution is 2.32. The number of aromatic nitrogens is 1. The maximum Gasteiger partial charge on any atom is 0.205 e. The van der Waals surface area contributed by atoms with Gasteiger partial charge in [0.15, 0.2) is 0 Å². The Labute approximate surface area is 121 Å². The zero-order chi connectivity index (χ0) is 14.3. The maximum atomic E-state index is 12.8. The van der Waals surface area contributed by atoms with Gasteiger partial charge in [-0.25, -0.2) is 0 Å². The third-order valence-electron chi connectivity index (χ3n) is 3.51. The number of thiophene rings is 1. The Balaban J connectivity index is 2.27. The highest BCUT2D eigenvalue weighted by Gasteiger charge is 2.20. The number of carbonyl (C=O) groups is 1. The Morgan fingerprint density at radius 1 is 1.30 bits per heavy atom. The molecule has 0 saturated carbocycles. The molecule has 0 atom stereocenters. The van der Waals surface area contributed by atoms with E-state index in [1.807, 2.05) is 54.4 Å². The topological polar surface area (TPSA) is 31.2 Å². The number of hydrogen-bond donors (Lipinski definition) is 0. The van der Waals surface area contributed by atoms with Crippen molar-refractivity contribution in [2.24, 2.45) is 7.05 Å². The first-order chi connectivity index (χ1) is 9.63. The standard InChI is InChI=1S/C16H15NO2S/c1-10-7-8-20-16(10)15(18)11-9-17(2)12-5-4-6-13(19-3)14(11)12/h4-9H,1-3H3. The van der Waals surface area contributed by atoms with Gasteiger partial charge >= 0.3 is 0 Å². The van der Waals surface area contributed by atoms with Crippen LogP contribution in [0.3, 0.4) is 0 Å². The number of ether oxygens (including phenoxy) is 1. The molecule has 3 rings (SSSR count).